The van der Waals surface area contributed by atoms with Crippen molar-refractivity contribution in [2.24, 2.45) is 0 Å². The second kappa shape index (κ2) is 5.74. The van der Waals surface area contributed by atoms with Gasteiger partial charge in [-0.15, -0.1) is 0 Å². The molecule has 0 saturated heterocycles. The van der Waals surface area contributed by atoms with Crippen LogP contribution in [0.2, 0.25) is 0 Å². The number of fused-ring (bicyclic) bond motifs is 1. The van der Waals surface area contributed by atoms with Gasteiger partial charge in [0.25, 0.3) is 11.8 Å². The fourth-order valence-corrected chi connectivity index (χ4v) is 2.44. The van der Waals surface area contributed by atoms with E-state index in [0.717, 1.165) is 12.1 Å². The average molecular weight is 330 g/mol. The highest BCUT2D eigenvalue weighted by atomic mass is 19.1. The Labute approximate surface area is 134 Å². The molecule has 0 atom stereocenters. The third kappa shape index (κ3) is 2.38. The highest BCUT2D eigenvalue weighted by Crippen LogP contribution is 2.30. The van der Waals surface area contributed by atoms with Crippen LogP contribution in [-0.2, 0) is 6.54 Å². The molecule has 1 aliphatic heterocycles. The number of phenolic OH excluding ortho intramolecular Hbond substituents is 2. The average Bonchev–Trinajstić information content (AvgIpc) is 2.79. The van der Waals surface area contributed by atoms with Crippen LogP contribution in [0.4, 0.5) is 4.39 Å². The molecule has 0 fully saturated rings. The number of amides is 2. The van der Waals surface area contributed by atoms with Crippen molar-refractivity contribution >= 4 is 18.1 Å². The van der Waals surface area contributed by atoms with Crippen LogP contribution in [-0.4, -0.2) is 33.3 Å². The Kier molecular flexibility index (Phi) is 3.74. The fraction of sp³-hybridized carbons (Fsp3) is 0.0625. The summed E-state index contributed by atoms with van der Waals surface area (Å²) in [6.07, 6.45) is 0.351. The number of rotatable bonds is 4. The monoisotopic (exact) mass is 330 g/mol. The van der Waals surface area contributed by atoms with Crippen molar-refractivity contribution in [1.29, 1.82) is 0 Å². The summed E-state index contributed by atoms with van der Waals surface area (Å²) in [4.78, 5) is 35.4. The van der Waals surface area contributed by atoms with Crippen molar-refractivity contribution in [3.8, 4) is 11.5 Å². The number of aromatic hydroxyl groups is 2. The molecule has 3 N–H and O–H groups in total. The number of hydrogen-bond acceptors (Lipinski definition) is 6. The Hall–Kier alpha value is -3.26. The van der Waals surface area contributed by atoms with Gasteiger partial charge in [0.1, 0.15) is 5.82 Å². The predicted molar refractivity (Wildman–Crippen MR) is 78.9 cm³/mol. The molecule has 8 heteroatoms. The molecule has 0 bridgehead atoms. The number of hydrogen-bond donors (Lipinski definition) is 3. The van der Waals surface area contributed by atoms with Gasteiger partial charge >= 0.3 is 0 Å². The summed E-state index contributed by atoms with van der Waals surface area (Å²) >= 11 is 0. The molecule has 1 heterocycles. The summed E-state index contributed by atoms with van der Waals surface area (Å²) in [7, 11) is 0. The molecule has 24 heavy (non-hydrogen) atoms. The lowest BCUT2D eigenvalue weighted by molar-refractivity contribution is 0.0562. The van der Waals surface area contributed by atoms with Crippen molar-refractivity contribution in [3.05, 3.63) is 58.4 Å². The second-order valence-corrected chi connectivity index (χ2v) is 5.09. The van der Waals surface area contributed by atoms with Gasteiger partial charge in [0.2, 0.25) is 0 Å². The zero-order valence-electron chi connectivity index (χ0n) is 12.1. The first-order valence-electron chi connectivity index (χ1n) is 6.85. The van der Waals surface area contributed by atoms with E-state index in [9.17, 15) is 29.0 Å². The number of hydrazine groups is 1. The summed E-state index contributed by atoms with van der Waals surface area (Å²) in [6, 6.07) is 5.81. The third-order valence-electron chi connectivity index (χ3n) is 3.68. The van der Waals surface area contributed by atoms with Crippen LogP contribution in [0, 0.1) is 5.82 Å². The van der Waals surface area contributed by atoms with E-state index in [1.54, 1.807) is 0 Å². The van der Waals surface area contributed by atoms with Crippen LogP contribution in [0.15, 0.2) is 30.3 Å². The van der Waals surface area contributed by atoms with Crippen LogP contribution in [0.3, 0.4) is 0 Å². The molecule has 7 nitrogen and oxygen atoms in total. The summed E-state index contributed by atoms with van der Waals surface area (Å²) in [5.41, 5.74) is 2.66. The van der Waals surface area contributed by atoms with Crippen LogP contribution >= 0.6 is 0 Å². The van der Waals surface area contributed by atoms with Gasteiger partial charge in [-0.05, 0) is 29.8 Å². The lowest BCUT2D eigenvalue weighted by Gasteiger charge is -2.16. The number of imide groups is 1. The first kappa shape index (κ1) is 15.6. The number of carbonyl (C=O) groups excluding carboxylic acids is 3. The first-order chi connectivity index (χ1) is 11.4. The number of phenols is 2. The standard InChI is InChI=1S/C16H11FN2O5/c17-9-2-3-10-11(5-9)16(24)19(15(10)23)18-6-8-1-4-13(21)14(22)12(8)7-20/h1-5,7,18,21-22H,6H2. The zero-order chi connectivity index (χ0) is 17.4. The normalized spacial score (nSPS) is 13.3. The van der Waals surface area contributed by atoms with Crippen molar-refractivity contribution < 1.29 is 29.0 Å². The molecule has 0 radical (unpaired) electrons. The second-order valence-electron chi connectivity index (χ2n) is 5.09. The number of nitrogens with zero attached hydrogens (tertiary/aromatic N) is 1. The van der Waals surface area contributed by atoms with Crippen molar-refractivity contribution in [3.63, 3.8) is 0 Å². The van der Waals surface area contributed by atoms with Crippen molar-refractivity contribution in [2.45, 2.75) is 6.54 Å². The van der Waals surface area contributed by atoms with E-state index in [2.05, 4.69) is 5.43 Å². The molecular weight excluding hydrogens is 319 g/mol. The molecule has 2 aromatic rings. The highest BCUT2D eigenvalue weighted by Gasteiger charge is 2.36. The van der Waals surface area contributed by atoms with Gasteiger partial charge in [-0.3, -0.25) is 14.4 Å². The van der Waals surface area contributed by atoms with Crippen LogP contribution in [0.1, 0.15) is 36.6 Å². The van der Waals surface area contributed by atoms with Gasteiger partial charge < -0.3 is 10.2 Å². The maximum atomic E-state index is 13.2. The first-order valence-corrected chi connectivity index (χ1v) is 6.85. The van der Waals surface area contributed by atoms with Gasteiger partial charge in [0.05, 0.1) is 16.7 Å². The van der Waals surface area contributed by atoms with Gasteiger partial charge in [0, 0.05) is 6.54 Å². The minimum absolute atomic E-state index is 0.0586. The van der Waals surface area contributed by atoms with E-state index in [4.69, 9.17) is 0 Å². The molecule has 0 aliphatic carbocycles. The minimum atomic E-state index is -0.717. The highest BCUT2D eigenvalue weighted by molar-refractivity contribution is 6.20. The van der Waals surface area contributed by atoms with Crippen LogP contribution in [0.25, 0.3) is 0 Å². The zero-order valence-corrected chi connectivity index (χ0v) is 12.1. The number of nitrogens with one attached hydrogen (secondary N) is 1. The fourth-order valence-electron chi connectivity index (χ4n) is 2.44. The van der Waals surface area contributed by atoms with E-state index in [0.29, 0.717) is 11.3 Å². The lowest BCUT2D eigenvalue weighted by Crippen LogP contribution is -2.42. The van der Waals surface area contributed by atoms with Gasteiger partial charge in [-0.1, -0.05) is 6.07 Å². The maximum Gasteiger partial charge on any atom is 0.276 e. The Bertz CT molecular complexity index is 881. The van der Waals surface area contributed by atoms with Crippen LogP contribution < -0.4 is 5.43 Å². The number of aldehydes is 1. The summed E-state index contributed by atoms with van der Waals surface area (Å²) in [5, 5.41) is 19.7. The molecule has 1 aliphatic rings. The third-order valence-corrected chi connectivity index (χ3v) is 3.68. The van der Waals surface area contributed by atoms with Crippen LogP contribution in [0.5, 0.6) is 11.5 Å². The molecule has 122 valence electrons. The van der Waals surface area contributed by atoms with Gasteiger partial charge in [-0.25, -0.2) is 14.8 Å². The van der Waals surface area contributed by atoms with Crippen molar-refractivity contribution in [1.82, 2.24) is 10.4 Å². The van der Waals surface area contributed by atoms with E-state index in [-0.39, 0.29) is 28.8 Å². The Morgan fingerprint density at radius 2 is 1.79 bits per heavy atom. The number of benzene rings is 2. The summed E-state index contributed by atoms with van der Waals surface area (Å²) < 4.78 is 13.2. The van der Waals surface area contributed by atoms with Gasteiger partial charge in [0.15, 0.2) is 17.8 Å². The Balaban J connectivity index is 1.84. The predicted octanol–water partition coefficient (Wildman–Crippen LogP) is 1.35. The summed E-state index contributed by atoms with van der Waals surface area (Å²) in [6.45, 7) is -0.143. The topological polar surface area (TPSA) is 107 Å². The molecule has 0 unspecified atom stereocenters. The molecule has 3 rings (SSSR count). The molecule has 0 saturated carbocycles. The largest absolute Gasteiger partial charge is 0.504 e. The summed E-state index contributed by atoms with van der Waals surface area (Å²) in [5.74, 6) is -3.05. The molecule has 0 aromatic heterocycles. The number of carbonyl (C=O) groups is 3. The van der Waals surface area contributed by atoms with E-state index in [1.807, 2.05) is 0 Å². The number of halogens is 1. The van der Waals surface area contributed by atoms with E-state index < -0.39 is 29.1 Å². The lowest BCUT2D eigenvalue weighted by atomic mass is 10.1. The molecule has 0 spiro atoms. The quantitative estimate of drug-likeness (QED) is 0.444. The Morgan fingerprint density at radius 1 is 1.08 bits per heavy atom. The minimum Gasteiger partial charge on any atom is -0.504 e. The maximum absolute atomic E-state index is 13.2. The van der Waals surface area contributed by atoms with E-state index in [1.165, 1.54) is 18.2 Å². The smallest absolute Gasteiger partial charge is 0.276 e. The van der Waals surface area contributed by atoms with Gasteiger partial charge in [-0.2, -0.15) is 0 Å². The molecular formula is C16H11FN2O5. The SMILES string of the molecule is O=Cc1c(CNN2C(=O)c3ccc(F)cc3C2=O)ccc(O)c1O. The molecule has 2 amide bonds. The molecule has 2 aromatic carbocycles. The van der Waals surface area contributed by atoms with E-state index >= 15 is 0 Å². The Morgan fingerprint density at radius 3 is 2.50 bits per heavy atom. The van der Waals surface area contributed by atoms with Crippen molar-refractivity contribution in [2.75, 3.05) is 0 Å².